The van der Waals surface area contributed by atoms with Crippen LogP contribution in [0.5, 0.6) is 11.5 Å². The largest absolute Gasteiger partial charge is 0.493 e. The molecule has 32 heavy (non-hydrogen) atoms. The number of carbonyl (C=O) groups is 1. The third-order valence-electron chi connectivity index (χ3n) is 5.55. The highest BCUT2D eigenvalue weighted by atomic mass is 32.7. The van der Waals surface area contributed by atoms with Crippen molar-refractivity contribution in [2.45, 2.75) is 37.4 Å². The number of benzene rings is 3. The van der Waals surface area contributed by atoms with E-state index in [9.17, 15) is 9.36 Å². The number of rotatable bonds is 10. The Kier molecular flexibility index (Phi) is 7.72. The minimum Gasteiger partial charge on any atom is -0.408 e. The van der Waals surface area contributed by atoms with Crippen molar-refractivity contribution in [1.82, 2.24) is 0 Å². The smallest absolute Gasteiger partial charge is 0.408 e. The van der Waals surface area contributed by atoms with Crippen LogP contribution in [0.15, 0.2) is 91.0 Å². The lowest BCUT2D eigenvalue weighted by Crippen LogP contribution is -2.14. The van der Waals surface area contributed by atoms with Crippen LogP contribution in [0.4, 0.5) is 0 Å². The fourth-order valence-corrected chi connectivity index (χ4v) is 7.93. The Hall–Kier alpha value is -2.49. The van der Waals surface area contributed by atoms with Crippen LogP contribution in [-0.4, -0.2) is 5.78 Å². The molecule has 0 saturated heterocycles. The second kappa shape index (κ2) is 10.9. The lowest BCUT2D eigenvalue weighted by molar-refractivity contribution is -0.122. The lowest BCUT2D eigenvalue weighted by Gasteiger charge is -2.24. The van der Waals surface area contributed by atoms with Crippen LogP contribution in [-0.2, 0) is 9.36 Å². The van der Waals surface area contributed by atoms with Gasteiger partial charge in [0.05, 0.1) is 5.25 Å². The Morgan fingerprint density at radius 1 is 0.812 bits per heavy atom. The van der Waals surface area contributed by atoms with E-state index in [1.165, 1.54) is 0 Å². The zero-order valence-corrected chi connectivity index (χ0v) is 19.5. The van der Waals surface area contributed by atoms with E-state index < -0.39 is 6.80 Å². The van der Waals surface area contributed by atoms with Gasteiger partial charge in [0.2, 0.25) is 0 Å². The first-order valence-corrected chi connectivity index (χ1v) is 14.0. The van der Waals surface area contributed by atoms with Crippen molar-refractivity contribution in [2.75, 3.05) is 0 Å². The van der Waals surface area contributed by atoms with Crippen LogP contribution in [0.1, 0.15) is 42.9 Å². The molecule has 166 valence electrons. The summed E-state index contributed by atoms with van der Waals surface area (Å²) in [7, 11) is 0. The molecule has 0 heterocycles. The molecule has 0 N–H and O–H groups in total. The van der Waals surface area contributed by atoms with Gasteiger partial charge in [-0.05, 0) is 54.1 Å². The zero-order chi connectivity index (χ0) is 22.2. The maximum absolute atomic E-state index is 14.0. The van der Waals surface area contributed by atoms with E-state index in [4.69, 9.17) is 9.05 Å². The normalized spacial score (nSPS) is 15.2. The van der Waals surface area contributed by atoms with Crippen molar-refractivity contribution in [3.8, 4) is 11.5 Å². The predicted molar refractivity (Wildman–Crippen MR) is 130 cm³/mol. The molecular weight excluding hydrogens is 439 g/mol. The van der Waals surface area contributed by atoms with Crippen LogP contribution in [0.2, 0.25) is 0 Å². The summed E-state index contributed by atoms with van der Waals surface area (Å²) in [6, 6.07) is 27.8. The lowest BCUT2D eigenvalue weighted by atomic mass is 9.96. The van der Waals surface area contributed by atoms with Crippen molar-refractivity contribution in [3.05, 3.63) is 96.6 Å². The number of para-hydroxylation sites is 2. The third-order valence-corrected chi connectivity index (χ3v) is 9.35. The summed E-state index contributed by atoms with van der Waals surface area (Å²) in [5.41, 5.74) is 0.942. The molecule has 1 fully saturated rings. The summed E-state index contributed by atoms with van der Waals surface area (Å²) in [5.74, 6) is 1.27. The summed E-state index contributed by atoms with van der Waals surface area (Å²) >= 11 is 1.11. The fraction of sp³-hybridized carbons (Fsp3) is 0.269. The number of carbonyl (C=O) groups excluding carboxylic acids is 1. The van der Waals surface area contributed by atoms with Crippen LogP contribution in [0.25, 0.3) is 0 Å². The van der Waals surface area contributed by atoms with E-state index in [2.05, 4.69) is 0 Å². The molecule has 0 radical (unpaired) electrons. The Morgan fingerprint density at radius 2 is 1.28 bits per heavy atom. The SMILES string of the molecule is O=C(C[C@@H](SP(=O)(Oc1ccccc1)Oc1ccccc1)c1ccccc1)C1CCCC1. The maximum atomic E-state index is 14.0. The van der Waals surface area contributed by atoms with E-state index in [0.717, 1.165) is 42.6 Å². The molecule has 3 aromatic rings. The Balaban J connectivity index is 1.62. The number of Topliss-reactive ketones (excluding diaryl/α,β-unsaturated/α-hetero) is 1. The minimum atomic E-state index is -3.71. The van der Waals surface area contributed by atoms with E-state index in [0.29, 0.717) is 17.9 Å². The summed E-state index contributed by atoms with van der Waals surface area (Å²) < 4.78 is 25.9. The molecular formula is C26H27O4PS. The second-order valence-electron chi connectivity index (χ2n) is 7.91. The Bertz CT molecular complexity index is 992. The van der Waals surface area contributed by atoms with Crippen molar-refractivity contribution >= 4 is 24.0 Å². The summed E-state index contributed by atoms with van der Waals surface area (Å²) in [6.07, 6.45) is 4.41. The molecule has 4 rings (SSSR count). The highest BCUT2D eigenvalue weighted by Gasteiger charge is 2.36. The monoisotopic (exact) mass is 466 g/mol. The molecule has 0 aliphatic heterocycles. The highest BCUT2D eigenvalue weighted by molar-refractivity contribution is 8.55. The fourth-order valence-electron chi connectivity index (χ4n) is 3.92. The number of hydrogen-bond donors (Lipinski definition) is 0. The maximum Gasteiger partial charge on any atom is 0.493 e. The van der Waals surface area contributed by atoms with Crippen LogP contribution >= 0.6 is 18.2 Å². The third kappa shape index (κ3) is 6.27. The highest BCUT2D eigenvalue weighted by Crippen LogP contribution is 2.65. The molecule has 1 aliphatic rings. The van der Waals surface area contributed by atoms with Crippen molar-refractivity contribution in [3.63, 3.8) is 0 Å². The molecule has 0 spiro atoms. The van der Waals surface area contributed by atoms with Gasteiger partial charge in [0.1, 0.15) is 17.3 Å². The van der Waals surface area contributed by atoms with Gasteiger partial charge in [-0.15, -0.1) is 0 Å². The molecule has 0 unspecified atom stereocenters. The van der Waals surface area contributed by atoms with E-state index in [1.807, 2.05) is 66.7 Å². The molecule has 0 amide bonds. The molecule has 4 nitrogen and oxygen atoms in total. The standard InChI is InChI=1S/C26H27O4PS/c27-25(21-12-10-11-13-21)20-26(22-14-4-1-5-15-22)32-31(28,29-23-16-6-2-7-17-23)30-24-18-8-3-9-19-24/h1-9,14-19,21,26H,10-13,20H2/t26-/m1/s1. The average molecular weight is 467 g/mol. The van der Waals surface area contributed by atoms with Crippen LogP contribution in [0.3, 0.4) is 0 Å². The van der Waals surface area contributed by atoms with Crippen LogP contribution < -0.4 is 9.05 Å². The number of hydrogen-bond acceptors (Lipinski definition) is 5. The first-order chi connectivity index (χ1) is 15.6. The molecule has 1 saturated carbocycles. The molecule has 0 bridgehead atoms. The molecule has 1 atom stereocenters. The summed E-state index contributed by atoms with van der Waals surface area (Å²) in [6.45, 7) is -3.71. The second-order valence-corrected chi connectivity index (χ2v) is 11.9. The average Bonchev–Trinajstić information content (AvgIpc) is 3.36. The van der Waals surface area contributed by atoms with Crippen molar-refractivity contribution in [1.29, 1.82) is 0 Å². The van der Waals surface area contributed by atoms with Gasteiger partial charge >= 0.3 is 6.80 Å². The molecule has 3 aromatic carbocycles. The molecule has 0 aromatic heterocycles. The van der Waals surface area contributed by atoms with Crippen LogP contribution in [0, 0.1) is 5.92 Å². The zero-order valence-electron chi connectivity index (χ0n) is 17.8. The van der Waals surface area contributed by atoms with Gasteiger partial charge in [0.15, 0.2) is 0 Å². The van der Waals surface area contributed by atoms with Crippen molar-refractivity contribution in [2.24, 2.45) is 5.92 Å². The van der Waals surface area contributed by atoms with Gasteiger partial charge in [-0.1, -0.05) is 79.6 Å². The quantitative estimate of drug-likeness (QED) is 0.285. The topological polar surface area (TPSA) is 52.6 Å². The summed E-state index contributed by atoms with van der Waals surface area (Å²) in [5, 5.41) is -0.331. The number of ketones is 1. The summed E-state index contributed by atoms with van der Waals surface area (Å²) in [4.78, 5) is 13.0. The Morgan fingerprint density at radius 3 is 1.78 bits per heavy atom. The van der Waals surface area contributed by atoms with E-state index in [1.54, 1.807) is 24.3 Å². The van der Waals surface area contributed by atoms with Gasteiger partial charge in [0, 0.05) is 12.3 Å². The first kappa shape index (κ1) is 22.7. The molecule has 6 heteroatoms. The predicted octanol–water partition coefficient (Wildman–Crippen LogP) is 7.88. The van der Waals surface area contributed by atoms with Gasteiger partial charge in [-0.2, -0.15) is 0 Å². The first-order valence-electron chi connectivity index (χ1n) is 11.0. The van der Waals surface area contributed by atoms with E-state index >= 15 is 0 Å². The minimum absolute atomic E-state index is 0.103. The van der Waals surface area contributed by atoms with Gasteiger partial charge in [-0.25, -0.2) is 4.57 Å². The molecule has 1 aliphatic carbocycles. The van der Waals surface area contributed by atoms with Gasteiger partial charge in [0.25, 0.3) is 0 Å². The van der Waals surface area contributed by atoms with Gasteiger partial charge < -0.3 is 9.05 Å². The van der Waals surface area contributed by atoms with Gasteiger partial charge in [-0.3, -0.25) is 4.79 Å². The van der Waals surface area contributed by atoms with E-state index in [-0.39, 0.29) is 17.0 Å². The Labute approximate surface area is 193 Å². The van der Waals surface area contributed by atoms with Crippen molar-refractivity contribution < 1.29 is 18.4 Å².